The van der Waals surface area contributed by atoms with Crippen LogP contribution in [0.4, 0.5) is 0 Å². The van der Waals surface area contributed by atoms with E-state index in [1.165, 1.54) is 48.7 Å². The second-order valence-electron chi connectivity index (χ2n) is 7.61. The average molecular weight is 516 g/mol. The van der Waals surface area contributed by atoms with Gasteiger partial charge >= 0.3 is 0 Å². The molecule has 1 atom stereocenters. The van der Waals surface area contributed by atoms with Gasteiger partial charge in [0.25, 0.3) is 0 Å². The first-order valence-electron chi connectivity index (χ1n) is 10.3. The number of hydrogen-bond donors (Lipinski definition) is 2. The molecular weight excluding hydrogens is 490 g/mol. The predicted octanol–water partition coefficient (Wildman–Crippen LogP) is 2.12. The molecule has 1 aliphatic rings. The van der Waals surface area contributed by atoms with E-state index in [1.807, 2.05) is 0 Å². The largest absolute Gasteiger partial charge is 0.495 e. The molecule has 33 heavy (non-hydrogen) atoms. The van der Waals surface area contributed by atoms with Crippen LogP contribution in [0, 0.1) is 0 Å². The molecule has 0 bridgehead atoms. The van der Waals surface area contributed by atoms with Gasteiger partial charge in [0.15, 0.2) is 0 Å². The second-order valence-corrected chi connectivity index (χ2v) is 11.7. The highest BCUT2D eigenvalue weighted by Gasteiger charge is 2.27. The van der Waals surface area contributed by atoms with Gasteiger partial charge in [0, 0.05) is 24.7 Å². The summed E-state index contributed by atoms with van der Waals surface area (Å²) in [5.74, 6) is -0.447. The number of benzene rings is 2. The molecule has 1 aliphatic heterocycles. The molecule has 2 aromatic carbocycles. The van der Waals surface area contributed by atoms with Crippen molar-refractivity contribution in [2.45, 2.75) is 42.1 Å². The zero-order valence-corrected chi connectivity index (χ0v) is 20.6. The molecule has 1 heterocycles. The van der Waals surface area contributed by atoms with Crippen LogP contribution in [-0.4, -0.2) is 53.3 Å². The Morgan fingerprint density at radius 3 is 2.33 bits per heavy atom. The lowest BCUT2D eigenvalue weighted by molar-refractivity contribution is -0.122. The van der Waals surface area contributed by atoms with Crippen LogP contribution < -0.4 is 14.8 Å². The molecule has 12 heteroatoms. The summed E-state index contributed by atoms with van der Waals surface area (Å²) in [6.45, 7) is 2.56. The molecule has 3 rings (SSSR count). The van der Waals surface area contributed by atoms with Crippen LogP contribution in [0.3, 0.4) is 0 Å². The van der Waals surface area contributed by atoms with E-state index in [9.17, 15) is 21.6 Å². The number of halogens is 1. The first-order chi connectivity index (χ1) is 15.5. The highest BCUT2D eigenvalue weighted by Crippen LogP contribution is 2.27. The summed E-state index contributed by atoms with van der Waals surface area (Å²) in [6, 6.07) is 9.34. The SMILES string of the molecule is COc1ccc(Cl)cc1S(=O)(=O)N[C@@H](C)C(=O)NCc1ccc(S(=O)(=O)N2CCCC2)cc1. The maximum absolute atomic E-state index is 12.7. The number of nitrogens with one attached hydrogen (secondary N) is 2. The van der Waals surface area contributed by atoms with Gasteiger partial charge in [-0.1, -0.05) is 23.7 Å². The summed E-state index contributed by atoms with van der Waals surface area (Å²) >= 11 is 5.91. The lowest BCUT2D eigenvalue weighted by Crippen LogP contribution is -2.44. The van der Waals surface area contributed by atoms with Gasteiger partial charge in [-0.2, -0.15) is 9.03 Å². The highest BCUT2D eigenvalue weighted by molar-refractivity contribution is 7.89. The van der Waals surface area contributed by atoms with Gasteiger partial charge < -0.3 is 10.1 Å². The Bertz CT molecular complexity index is 1210. The summed E-state index contributed by atoms with van der Waals surface area (Å²) in [5.41, 5.74) is 0.676. The van der Waals surface area contributed by atoms with Crippen molar-refractivity contribution >= 4 is 37.6 Å². The van der Waals surface area contributed by atoms with E-state index in [0.717, 1.165) is 12.8 Å². The molecular formula is C21H26ClN3O6S2. The topological polar surface area (TPSA) is 122 Å². The third-order valence-electron chi connectivity index (χ3n) is 5.23. The van der Waals surface area contributed by atoms with Gasteiger partial charge in [-0.25, -0.2) is 16.8 Å². The van der Waals surface area contributed by atoms with E-state index in [0.29, 0.717) is 18.7 Å². The minimum Gasteiger partial charge on any atom is -0.495 e. The fourth-order valence-electron chi connectivity index (χ4n) is 3.41. The zero-order valence-electron chi connectivity index (χ0n) is 18.2. The highest BCUT2D eigenvalue weighted by atomic mass is 35.5. The Kier molecular flexibility index (Phi) is 8.01. The number of ether oxygens (including phenoxy) is 1. The molecule has 0 unspecified atom stereocenters. The number of sulfonamides is 2. The lowest BCUT2D eigenvalue weighted by atomic mass is 10.2. The van der Waals surface area contributed by atoms with Crippen LogP contribution in [0.5, 0.6) is 5.75 Å². The van der Waals surface area contributed by atoms with Crippen molar-refractivity contribution in [1.82, 2.24) is 14.3 Å². The molecule has 1 amide bonds. The molecule has 1 fully saturated rings. The van der Waals surface area contributed by atoms with Crippen LogP contribution in [0.1, 0.15) is 25.3 Å². The van der Waals surface area contributed by atoms with Crippen molar-refractivity contribution in [2.24, 2.45) is 0 Å². The first-order valence-corrected chi connectivity index (χ1v) is 13.6. The number of hydrogen-bond acceptors (Lipinski definition) is 6. The van der Waals surface area contributed by atoms with Crippen LogP contribution in [0.25, 0.3) is 0 Å². The number of methoxy groups -OCH3 is 1. The number of rotatable bonds is 9. The van der Waals surface area contributed by atoms with Crippen LogP contribution in [0.15, 0.2) is 52.3 Å². The van der Waals surface area contributed by atoms with Gasteiger partial charge in [0.1, 0.15) is 10.6 Å². The van der Waals surface area contributed by atoms with Gasteiger partial charge in [0.05, 0.1) is 18.0 Å². The molecule has 0 aliphatic carbocycles. The van der Waals surface area contributed by atoms with Crippen molar-refractivity contribution in [3.05, 3.63) is 53.1 Å². The Balaban J connectivity index is 1.61. The Morgan fingerprint density at radius 2 is 1.73 bits per heavy atom. The quantitative estimate of drug-likeness (QED) is 0.527. The molecule has 0 saturated carbocycles. The van der Waals surface area contributed by atoms with Gasteiger partial charge in [0.2, 0.25) is 26.0 Å². The van der Waals surface area contributed by atoms with Gasteiger partial charge in [-0.3, -0.25) is 4.79 Å². The van der Waals surface area contributed by atoms with Crippen LogP contribution in [-0.2, 0) is 31.4 Å². The van der Waals surface area contributed by atoms with E-state index in [2.05, 4.69) is 10.0 Å². The van der Waals surface area contributed by atoms with Crippen molar-refractivity contribution in [3.8, 4) is 5.75 Å². The standard InChI is InChI=1S/C21H26ClN3O6S2/c1-15(24-32(27,28)20-13-17(22)7-10-19(20)31-2)21(26)23-14-16-5-8-18(9-6-16)33(29,30)25-11-3-4-12-25/h5-10,13,15,24H,3-4,11-12,14H2,1-2H3,(H,23,26)/t15-/m0/s1. The summed E-state index contributed by atoms with van der Waals surface area (Å²) < 4.78 is 59.4. The normalized spacial score (nSPS) is 15.8. The smallest absolute Gasteiger partial charge is 0.245 e. The van der Waals surface area contributed by atoms with Crippen molar-refractivity contribution in [1.29, 1.82) is 0 Å². The molecule has 0 spiro atoms. The number of carbonyl (C=O) groups excluding carboxylic acids is 1. The predicted molar refractivity (Wildman–Crippen MR) is 124 cm³/mol. The van der Waals surface area contributed by atoms with E-state index in [-0.39, 0.29) is 27.1 Å². The minimum absolute atomic E-state index is 0.100. The van der Waals surface area contributed by atoms with Crippen molar-refractivity contribution in [2.75, 3.05) is 20.2 Å². The molecule has 0 radical (unpaired) electrons. The number of amides is 1. The third-order valence-corrected chi connectivity index (χ3v) is 8.94. The monoisotopic (exact) mass is 515 g/mol. The van der Waals surface area contributed by atoms with E-state index in [4.69, 9.17) is 16.3 Å². The van der Waals surface area contributed by atoms with E-state index >= 15 is 0 Å². The Morgan fingerprint density at radius 1 is 1.09 bits per heavy atom. The molecule has 9 nitrogen and oxygen atoms in total. The zero-order chi connectivity index (χ0) is 24.2. The number of carbonyl (C=O) groups is 1. The molecule has 0 aromatic heterocycles. The molecule has 2 N–H and O–H groups in total. The summed E-state index contributed by atoms with van der Waals surface area (Å²) in [5, 5.41) is 2.85. The summed E-state index contributed by atoms with van der Waals surface area (Å²) in [4.78, 5) is 12.5. The van der Waals surface area contributed by atoms with E-state index in [1.54, 1.807) is 12.1 Å². The maximum Gasteiger partial charge on any atom is 0.245 e. The van der Waals surface area contributed by atoms with Gasteiger partial charge in [-0.05, 0) is 55.7 Å². The molecule has 2 aromatic rings. The molecule has 1 saturated heterocycles. The second kappa shape index (κ2) is 10.4. The Labute approximate surface area is 199 Å². The lowest BCUT2D eigenvalue weighted by Gasteiger charge is -2.17. The summed E-state index contributed by atoms with van der Waals surface area (Å²) in [6.07, 6.45) is 1.71. The average Bonchev–Trinajstić information content (AvgIpc) is 3.33. The maximum atomic E-state index is 12.7. The van der Waals surface area contributed by atoms with Gasteiger partial charge in [-0.15, -0.1) is 0 Å². The Hall–Kier alpha value is -2.18. The number of nitrogens with zero attached hydrogens (tertiary/aromatic N) is 1. The minimum atomic E-state index is -4.07. The molecule has 180 valence electrons. The van der Waals surface area contributed by atoms with Crippen LogP contribution in [0.2, 0.25) is 5.02 Å². The van der Waals surface area contributed by atoms with Crippen molar-refractivity contribution < 1.29 is 26.4 Å². The van der Waals surface area contributed by atoms with Crippen LogP contribution >= 0.6 is 11.6 Å². The van der Waals surface area contributed by atoms with Crippen molar-refractivity contribution in [3.63, 3.8) is 0 Å². The summed E-state index contributed by atoms with van der Waals surface area (Å²) in [7, 11) is -6.25. The fraction of sp³-hybridized carbons (Fsp3) is 0.381. The fourth-order valence-corrected chi connectivity index (χ4v) is 6.56. The third kappa shape index (κ3) is 6.04. The first kappa shape index (κ1) is 25.4. The van der Waals surface area contributed by atoms with E-state index < -0.39 is 32.0 Å².